The minimum absolute atomic E-state index is 0.0606. The summed E-state index contributed by atoms with van der Waals surface area (Å²) in [4.78, 5) is 26.2. The van der Waals surface area contributed by atoms with Crippen LogP contribution in [0.1, 0.15) is 35.7 Å². The molecular formula is C13H19NO2P4. The Kier molecular flexibility index (Phi) is 6.07. The minimum Gasteiger partial charge on any atom is -0.278 e. The molecule has 1 aliphatic rings. The van der Waals surface area contributed by atoms with E-state index in [1.165, 1.54) is 4.90 Å². The summed E-state index contributed by atoms with van der Waals surface area (Å²) in [5.74, 6) is -0.159. The number of hydrogen-bond donors (Lipinski definition) is 0. The maximum atomic E-state index is 12.7. The summed E-state index contributed by atoms with van der Waals surface area (Å²) in [6.07, 6.45) is 2.21. The van der Waals surface area contributed by atoms with Crippen LogP contribution in [0.2, 0.25) is 0 Å². The summed E-state index contributed by atoms with van der Waals surface area (Å²) in [5.41, 5.74) is 1.67. The molecule has 1 aromatic carbocycles. The van der Waals surface area contributed by atoms with E-state index >= 15 is 0 Å². The molecule has 1 heterocycles. The van der Waals surface area contributed by atoms with Crippen LogP contribution in [0.15, 0.2) is 18.2 Å². The summed E-state index contributed by atoms with van der Waals surface area (Å²) in [5, 5.41) is 1.11. The van der Waals surface area contributed by atoms with Gasteiger partial charge in [-0.2, -0.15) is 0 Å². The number of unbranched alkanes of at least 4 members (excludes halogenated alkanes) is 1. The van der Waals surface area contributed by atoms with E-state index in [1.807, 2.05) is 18.2 Å². The molecule has 0 saturated heterocycles. The Morgan fingerprint density at radius 2 is 2.15 bits per heavy atom. The largest absolute Gasteiger partial charge is 0.278 e. The molecule has 7 heteroatoms. The van der Waals surface area contributed by atoms with Gasteiger partial charge in [0.25, 0.3) is 5.91 Å². The molecule has 0 spiro atoms. The zero-order chi connectivity index (χ0) is 14.7. The Labute approximate surface area is 127 Å². The van der Waals surface area contributed by atoms with E-state index in [0.29, 0.717) is 20.9 Å². The van der Waals surface area contributed by atoms with Crippen molar-refractivity contribution in [2.45, 2.75) is 26.2 Å². The lowest BCUT2D eigenvalue weighted by molar-refractivity contribution is -0.128. The first-order chi connectivity index (χ1) is 9.60. The molecule has 0 bridgehead atoms. The van der Waals surface area contributed by atoms with Gasteiger partial charge in [0, 0.05) is 6.54 Å². The molecular weight excluding hydrogens is 326 g/mol. The summed E-state index contributed by atoms with van der Waals surface area (Å²) < 4.78 is 0. The zero-order valence-electron chi connectivity index (χ0n) is 11.4. The monoisotopic (exact) mass is 345 g/mol. The van der Waals surface area contributed by atoms with E-state index in [-0.39, 0.29) is 11.8 Å². The zero-order valence-corrected chi connectivity index (χ0v) is 15.6. The van der Waals surface area contributed by atoms with Gasteiger partial charge in [-0.3, -0.25) is 14.5 Å². The predicted molar refractivity (Wildman–Crippen MR) is 95.4 cm³/mol. The highest BCUT2D eigenvalue weighted by Gasteiger charge is 2.32. The van der Waals surface area contributed by atoms with E-state index in [2.05, 4.69) is 24.8 Å². The second-order valence-corrected chi connectivity index (χ2v) is 13.8. The first-order valence-electron chi connectivity index (χ1n) is 6.57. The molecule has 0 aliphatic carbocycles. The highest BCUT2D eigenvalue weighted by Crippen LogP contribution is 2.65. The topological polar surface area (TPSA) is 37.4 Å². The van der Waals surface area contributed by atoms with Crippen LogP contribution in [-0.4, -0.2) is 23.3 Å². The Hall–Kier alpha value is 0.0800. The van der Waals surface area contributed by atoms with E-state index < -0.39 is 7.30 Å². The number of nitrogens with zero attached hydrogens (tertiary/aromatic N) is 1. The smallest absolute Gasteiger partial charge is 0.261 e. The third kappa shape index (κ3) is 3.28. The molecule has 108 valence electrons. The van der Waals surface area contributed by atoms with Crippen molar-refractivity contribution in [1.29, 1.82) is 0 Å². The lowest BCUT2D eigenvalue weighted by Crippen LogP contribution is -2.44. The number of benzene rings is 1. The summed E-state index contributed by atoms with van der Waals surface area (Å²) in [6.45, 7) is 2.61. The maximum absolute atomic E-state index is 12.7. The Morgan fingerprint density at radius 3 is 2.80 bits per heavy atom. The minimum atomic E-state index is -0.412. The molecule has 0 radical (unpaired) electrons. The van der Waals surface area contributed by atoms with Crippen LogP contribution in [0.5, 0.6) is 0 Å². The normalized spacial score (nSPS) is 16.9. The molecule has 0 fully saturated rings. The Balaban J connectivity index is 2.41. The maximum Gasteiger partial charge on any atom is 0.261 e. The number of hydrogen-bond acceptors (Lipinski definition) is 2. The molecule has 1 aliphatic heterocycles. The lowest BCUT2D eigenvalue weighted by atomic mass is 9.98. The van der Waals surface area contributed by atoms with E-state index in [0.717, 1.165) is 29.3 Å². The van der Waals surface area contributed by atoms with Gasteiger partial charge in [-0.25, -0.2) is 0 Å². The summed E-state index contributed by atoms with van der Waals surface area (Å²) in [7, 11) is 5.90. The molecule has 3 nitrogen and oxygen atoms in total. The van der Waals surface area contributed by atoms with E-state index in [9.17, 15) is 9.59 Å². The number of carbonyl (C=O) groups excluding carboxylic acids is 2. The third-order valence-corrected chi connectivity index (χ3v) is 13.5. The van der Waals surface area contributed by atoms with Gasteiger partial charge in [0.05, 0.1) is 12.0 Å². The fraction of sp³-hybridized carbons (Fsp3) is 0.385. The molecule has 2 rings (SSSR count). The molecule has 4 atom stereocenters. The Morgan fingerprint density at radius 1 is 1.40 bits per heavy atom. The van der Waals surface area contributed by atoms with Gasteiger partial charge in [0.15, 0.2) is 0 Å². The molecule has 0 aromatic heterocycles. The number of rotatable bonds is 5. The van der Waals surface area contributed by atoms with Crippen LogP contribution in [0.3, 0.4) is 0 Å². The van der Waals surface area contributed by atoms with Crippen LogP contribution in [-0.2, 0) is 11.2 Å². The highest BCUT2D eigenvalue weighted by molar-refractivity contribution is 8.63. The quantitative estimate of drug-likeness (QED) is 0.607. The van der Waals surface area contributed by atoms with Gasteiger partial charge < -0.3 is 0 Å². The second kappa shape index (κ2) is 7.38. The molecule has 0 saturated carbocycles. The van der Waals surface area contributed by atoms with Crippen molar-refractivity contribution in [3.63, 3.8) is 0 Å². The highest BCUT2D eigenvalue weighted by atomic mass is 32.6. The third-order valence-electron chi connectivity index (χ3n) is 3.36. The number of imide groups is 1. The van der Waals surface area contributed by atoms with Crippen molar-refractivity contribution in [3.8, 4) is 0 Å². The van der Waals surface area contributed by atoms with Gasteiger partial charge in [0.1, 0.15) is 0 Å². The Bertz CT molecular complexity index is 535. The van der Waals surface area contributed by atoms with E-state index in [1.54, 1.807) is 0 Å². The van der Waals surface area contributed by atoms with Gasteiger partial charge in [0.2, 0.25) is 5.91 Å². The van der Waals surface area contributed by atoms with Crippen LogP contribution in [0.4, 0.5) is 0 Å². The average Bonchev–Trinajstić information content (AvgIpc) is 2.45. The number of fused-ring (bicyclic) bond motifs is 1. The van der Waals surface area contributed by atoms with Crippen molar-refractivity contribution < 1.29 is 9.59 Å². The van der Waals surface area contributed by atoms with Gasteiger partial charge >= 0.3 is 0 Å². The first kappa shape index (κ1) is 16.5. The van der Waals surface area contributed by atoms with Crippen molar-refractivity contribution in [3.05, 3.63) is 29.3 Å². The predicted octanol–water partition coefficient (Wildman–Crippen LogP) is 3.29. The summed E-state index contributed by atoms with van der Waals surface area (Å²) >= 11 is 0. The van der Waals surface area contributed by atoms with Crippen LogP contribution >= 0.6 is 33.1 Å². The van der Waals surface area contributed by atoms with E-state index in [4.69, 9.17) is 0 Å². The molecule has 2 amide bonds. The average molecular weight is 345 g/mol. The van der Waals surface area contributed by atoms with Crippen molar-refractivity contribution in [2.24, 2.45) is 0 Å². The second-order valence-electron chi connectivity index (χ2n) is 4.69. The summed E-state index contributed by atoms with van der Waals surface area (Å²) in [6, 6.07) is 5.90. The fourth-order valence-electron chi connectivity index (χ4n) is 2.30. The van der Waals surface area contributed by atoms with Crippen molar-refractivity contribution in [2.75, 3.05) is 6.54 Å². The van der Waals surface area contributed by atoms with Gasteiger partial charge in [-0.15, -0.1) is 17.9 Å². The molecule has 1 aromatic rings. The number of amides is 2. The van der Waals surface area contributed by atoms with Crippen LogP contribution < -0.4 is 5.30 Å². The van der Waals surface area contributed by atoms with Crippen LogP contribution in [0, 0.1) is 0 Å². The van der Waals surface area contributed by atoms with Crippen molar-refractivity contribution in [1.82, 2.24) is 4.90 Å². The van der Waals surface area contributed by atoms with Gasteiger partial charge in [-0.05, 0) is 24.6 Å². The van der Waals surface area contributed by atoms with Crippen LogP contribution in [0.25, 0.3) is 0 Å². The molecule has 4 unspecified atom stereocenters. The lowest BCUT2D eigenvalue weighted by Gasteiger charge is -2.29. The van der Waals surface area contributed by atoms with Gasteiger partial charge in [-0.1, -0.05) is 39.5 Å². The molecule has 20 heavy (non-hydrogen) atoms. The number of carbonyl (C=O) groups is 2. The fourth-order valence-corrected chi connectivity index (χ4v) is 6.04. The molecule has 0 N–H and O–H groups in total. The SMILES string of the molecule is CCCCN1C(=O)Cc2cccc(P(P)PP)c2C1=O. The standard InChI is InChI=1S/C13H19NO2P4/c1-2-3-7-14-11(15)8-9-5-4-6-10(20(18)19-17)12(9)13(14)16/h4-6,19H,2-3,7-8,17-18H2,1H3. The van der Waals surface area contributed by atoms with Crippen molar-refractivity contribution >= 4 is 50.2 Å². The first-order valence-corrected chi connectivity index (χ1v) is 13.2.